The lowest BCUT2D eigenvalue weighted by atomic mass is 10.1. The molecule has 0 aromatic heterocycles. The van der Waals surface area contributed by atoms with Gasteiger partial charge in [-0.2, -0.15) is 0 Å². The molecule has 0 bridgehead atoms. The molecule has 3 nitrogen and oxygen atoms in total. The second kappa shape index (κ2) is 8.83. The van der Waals surface area contributed by atoms with Crippen LogP contribution >= 0.6 is 11.6 Å². The Balaban J connectivity index is 2.88. The van der Waals surface area contributed by atoms with Gasteiger partial charge in [0.25, 0.3) is 0 Å². The minimum Gasteiger partial charge on any atom is -0.490 e. The van der Waals surface area contributed by atoms with Crippen molar-refractivity contribution in [2.75, 3.05) is 13.2 Å². The van der Waals surface area contributed by atoms with Gasteiger partial charge in [-0.15, -0.1) is 0 Å². The summed E-state index contributed by atoms with van der Waals surface area (Å²) in [6.07, 6.45) is 1.75. The summed E-state index contributed by atoms with van der Waals surface area (Å²) in [7, 11) is 0. The fraction of sp³-hybridized carbons (Fsp3) is 0.467. The van der Waals surface area contributed by atoms with Gasteiger partial charge in [0.2, 0.25) is 0 Å². The standard InChI is InChI=1S/C15H22ClNO2/c1-4-18-14-8-5-7-13(11-17-12(2)3)15(14)19-10-6-9-16/h5-9,12,17H,4,10-11H2,1-3H3/b9-6+. The molecule has 0 aliphatic heterocycles. The Morgan fingerprint density at radius 2 is 2.11 bits per heavy atom. The van der Waals surface area contributed by atoms with E-state index in [0.717, 1.165) is 23.6 Å². The van der Waals surface area contributed by atoms with Gasteiger partial charge in [0, 0.05) is 23.7 Å². The van der Waals surface area contributed by atoms with Crippen LogP contribution in [0.2, 0.25) is 0 Å². The van der Waals surface area contributed by atoms with E-state index < -0.39 is 0 Å². The Labute approximate surface area is 120 Å². The quantitative estimate of drug-likeness (QED) is 0.789. The van der Waals surface area contributed by atoms with Crippen LogP contribution in [0.3, 0.4) is 0 Å². The average molecular weight is 284 g/mol. The van der Waals surface area contributed by atoms with Gasteiger partial charge >= 0.3 is 0 Å². The van der Waals surface area contributed by atoms with E-state index in [1.54, 1.807) is 6.08 Å². The molecule has 0 unspecified atom stereocenters. The number of hydrogen-bond acceptors (Lipinski definition) is 3. The number of ether oxygens (including phenoxy) is 2. The zero-order chi connectivity index (χ0) is 14.1. The second-order valence-corrected chi connectivity index (χ2v) is 4.64. The Hall–Kier alpha value is -1.19. The molecule has 0 heterocycles. The first-order valence-corrected chi connectivity index (χ1v) is 6.98. The molecule has 4 heteroatoms. The molecule has 1 N–H and O–H groups in total. The molecule has 106 valence electrons. The maximum absolute atomic E-state index is 5.76. The summed E-state index contributed by atoms with van der Waals surface area (Å²) < 4.78 is 11.4. The van der Waals surface area contributed by atoms with E-state index in [1.807, 2.05) is 25.1 Å². The third-order valence-electron chi connectivity index (χ3n) is 2.47. The summed E-state index contributed by atoms with van der Waals surface area (Å²) in [4.78, 5) is 0. The van der Waals surface area contributed by atoms with Crippen molar-refractivity contribution in [2.45, 2.75) is 33.4 Å². The minimum absolute atomic E-state index is 0.423. The molecule has 1 aromatic carbocycles. The van der Waals surface area contributed by atoms with Crippen molar-refractivity contribution in [1.29, 1.82) is 0 Å². The largest absolute Gasteiger partial charge is 0.490 e. The van der Waals surface area contributed by atoms with Crippen molar-refractivity contribution < 1.29 is 9.47 Å². The first-order chi connectivity index (χ1) is 9.19. The maximum atomic E-state index is 5.76. The van der Waals surface area contributed by atoms with Crippen molar-refractivity contribution in [2.24, 2.45) is 0 Å². The van der Waals surface area contributed by atoms with Gasteiger partial charge < -0.3 is 14.8 Å². The van der Waals surface area contributed by atoms with Crippen molar-refractivity contribution in [1.82, 2.24) is 5.32 Å². The van der Waals surface area contributed by atoms with Crippen LogP contribution in [-0.2, 0) is 6.54 Å². The molecule has 0 saturated heterocycles. The van der Waals surface area contributed by atoms with Crippen LogP contribution in [0.4, 0.5) is 0 Å². The normalized spacial score (nSPS) is 11.2. The Morgan fingerprint density at radius 1 is 1.32 bits per heavy atom. The topological polar surface area (TPSA) is 30.5 Å². The SMILES string of the molecule is CCOc1cccc(CNC(C)C)c1OC/C=C/Cl. The van der Waals surface area contributed by atoms with Crippen molar-refractivity contribution >= 4 is 11.6 Å². The van der Waals surface area contributed by atoms with Crippen molar-refractivity contribution in [3.05, 3.63) is 35.4 Å². The summed E-state index contributed by atoms with van der Waals surface area (Å²) in [5, 5.41) is 3.38. The molecule has 0 fully saturated rings. The summed E-state index contributed by atoms with van der Waals surface area (Å²) in [6, 6.07) is 6.36. The highest BCUT2D eigenvalue weighted by Crippen LogP contribution is 2.31. The van der Waals surface area contributed by atoms with E-state index in [1.165, 1.54) is 5.54 Å². The summed E-state index contributed by atoms with van der Waals surface area (Å²) in [5.41, 5.74) is 2.54. The third kappa shape index (κ3) is 5.53. The van der Waals surface area contributed by atoms with E-state index >= 15 is 0 Å². The smallest absolute Gasteiger partial charge is 0.166 e. The number of halogens is 1. The number of hydrogen-bond donors (Lipinski definition) is 1. The van der Waals surface area contributed by atoms with Crippen LogP contribution in [0.1, 0.15) is 26.3 Å². The molecular weight excluding hydrogens is 262 g/mol. The van der Waals surface area contributed by atoms with E-state index in [2.05, 4.69) is 19.2 Å². The van der Waals surface area contributed by atoms with Gasteiger partial charge in [-0.3, -0.25) is 0 Å². The Bertz CT molecular complexity index is 405. The lowest BCUT2D eigenvalue weighted by Crippen LogP contribution is -2.22. The zero-order valence-corrected chi connectivity index (χ0v) is 12.5. The van der Waals surface area contributed by atoms with Gasteiger partial charge in [0.05, 0.1) is 6.61 Å². The van der Waals surface area contributed by atoms with Crippen molar-refractivity contribution in [3.8, 4) is 11.5 Å². The molecule has 0 amide bonds. The summed E-state index contributed by atoms with van der Waals surface area (Å²) >= 11 is 5.51. The van der Waals surface area contributed by atoms with Gasteiger partial charge in [-0.1, -0.05) is 37.6 Å². The molecule has 0 spiro atoms. The molecule has 0 aliphatic carbocycles. The van der Waals surface area contributed by atoms with Gasteiger partial charge in [-0.25, -0.2) is 0 Å². The van der Waals surface area contributed by atoms with Crippen LogP contribution in [0.25, 0.3) is 0 Å². The highest BCUT2D eigenvalue weighted by Gasteiger charge is 2.10. The lowest BCUT2D eigenvalue weighted by molar-refractivity contribution is 0.294. The van der Waals surface area contributed by atoms with E-state index in [4.69, 9.17) is 21.1 Å². The zero-order valence-electron chi connectivity index (χ0n) is 11.8. The molecule has 0 saturated carbocycles. The lowest BCUT2D eigenvalue weighted by Gasteiger charge is -2.16. The maximum Gasteiger partial charge on any atom is 0.166 e. The monoisotopic (exact) mass is 283 g/mol. The first-order valence-electron chi connectivity index (χ1n) is 6.55. The highest BCUT2D eigenvalue weighted by molar-refractivity contribution is 6.25. The molecule has 0 atom stereocenters. The fourth-order valence-electron chi connectivity index (χ4n) is 1.62. The van der Waals surface area contributed by atoms with Crippen LogP contribution in [0.5, 0.6) is 11.5 Å². The molecule has 0 aliphatic rings. The van der Waals surface area contributed by atoms with Gasteiger partial charge in [-0.05, 0) is 19.1 Å². The molecule has 19 heavy (non-hydrogen) atoms. The van der Waals surface area contributed by atoms with Crippen LogP contribution < -0.4 is 14.8 Å². The molecule has 0 radical (unpaired) electrons. The Morgan fingerprint density at radius 3 is 2.74 bits per heavy atom. The van der Waals surface area contributed by atoms with Crippen LogP contribution in [-0.4, -0.2) is 19.3 Å². The molecule has 1 rings (SSSR count). The predicted molar refractivity (Wildman–Crippen MR) is 80.1 cm³/mol. The number of para-hydroxylation sites is 1. The summed E-state index contributed by atoms with van der Waals surface area (Å²) in [5.74, 6) is 1.56. The van der Waals surface area contributed by atoms with E-state index in [0.29, 0.717) is 19.3 Å². The van der Waals surface area contributed by atoms with Crippen LogP contribution in [0, 0.1) is 0 Å². The van der Waals surface area contributed by atoms with Gasteiger partial charge in [0.1, 0.15) is 6.61 Å². The predicted octanol–water partition coefficient (Wildman–Crippen LogP) is 3.71. The third-order valence-corrected chi connectivity index (χ3v) is 2.65. The average Bonchev–Trinajstić information content (AvgIpc) is 2.39. The highest BCUT2D eigenvalue weighted by atomic mass is 35.5. The van der Waals surface area contributed by atoms with Gasteiger partial charge in [0.15, 0.2) is 11.5 Å². The van der Waals surface area contributed by atoms with Crippen molar-refractivity contribution in [3.63, 3.8) is 0 Å². The molecular formula is C15H22ClNO2. The summed E-state index contributed by atoms with van der Waals surface area (Å²) in [6.45, 7) is 7.98. The number of rotatable bonds is 8. The first kappa shape index (κ1) is 15.9. The number of benzene rings is 1. The fourth-order valence-corrected chi connectivity index (χ4v) is 1.69. The Kier molecular flexibility index (Phi) is 7.38. The number of nitrogens with one attached hydrogen (secondary N) is 1. The molecule has 1 aromatic rings. The van der Waals surface area contributed by atoms with E-state index in [-0.39, 0.29) is 0 Å². The minimum atomic E-state index is 0.423. The van der Waals surface area contributed by atoms with Crippen LogP contribution in [0.15, 0.2) is 29.8 Å². The van der Waals surface area contributed by atoms with E-state index in [9.17, 15) is 0 Å². The second-order valence-electron chi connectivity index (χ2n) is 4.39.